The highest BCUT2D eigenvalue weighted by Crippen LogP contribution is 2.43. The first kappa shape index (κ1) is 16.2. The summed E-state index contributed by atoms with van der Waals surface area (Å²) < 4.78 is 5.83. The van der Waals surface area contributed by atoms with Crippen molar-refractivity contribution in [1.29, 1.82) is 0 Å². The Bertz CT molecular complexity index is 765. The average molecular weight is 343 g/mol. The van der Waals surface area contributed by atoms with E-state index < -0.39 is 6.10 Å². The Morgan fingerprint density at radius 2 is 2.24 bits per heavy atom. The van der Waals surface area contributed by atoms with Crippen molar-refractivity contribution in [3.63, 3.8) is 0 Å². The second-order valence-electron chi connectivity index (χ2n) is 6.74. The molecule has 2 fully saturated rings. The maximum absolute atomic E-state index is 13.3. The van der Waals surface area contributed by atoms with E-state index in [1.807, 2.05) is 23.1 Å². The van der Waals surface area contributed by atoms with Gasteiger partial charge in [-0.15, -0.1) is 10.2 Å². The minimum absolute atomic E-state index is 0.0848. The molecule has 132 valence electrons. The number of rotatable bonds is 3. The SMILES string of the molecule is CO[C@@]12CC[C@H](O)C[C@@H]1N(C(=O)c1ccccc1-c1nn[nH]n1)CC2. The Balaban J connectivity index is 1.68. The molecule has 3 atom stereocenters. The van der Waals surface area contributed by atoms with Crippen LogP contribution in [0.4, 0.5) is 0 Å². The van der Waals surface area contributed by atoms with Gasteiger partial charge in [0, 0.05) is 19.2 Å². The van der Waals surface area contributed by atoms with Crippen LogP contribution in [0, 0.1) is 0 Å². The number of ether oxygens (including phenoxy) is 1. The van der Waals surface area contributed by atoms with Crippen LogP contribution in [0.3, 0.4) is 0 Å². The van der Waals surface area contributed by atoms with Crippen LogP contribution in [-0.4, -0.2) is 67.9 Å². The molecule has 1 aliphatic heterocycles. The smallest absolute Gasteiger partial charge is 0.254 e. The maximum Gasteiger partial charge on any atom is 0.254 e. The summed E-state index contributed by atoms with van der Waals surface area (Å²) in [5.41, 5.74) is 0.832. The fourth-order valence-corrected chi connectivity index (χ4v) is 4.21. The molecule has 4 rings (SSSR count). The number of aromatic nitrogens is 4. The summed E-state index contributed by atoms with van der Waals surface area (Å²) in [5.74, 6) is 0.309. The maximum atomic E-state index is 13.3. The lowest BCUT2D eigenvalue weighted by Gasteiger charge is -2.42. The number of aliphatic hydroxyl groups is 1. The zero-order chi connectivity index (χ0) is 17.4. The summed E-state index contributed by atoms with van der Waals surface area (Å²) in [6.07, 6.45) is 2.42. The second-order valence-corrected chi connectivity index (χ2v) is 6.74. The molecule has 1 amide bonds. The molecule has 2 aromatic rings. The number of nitrogens with one attached hydrogen (secondary N) is 1. The first-order chi connectivity index (χ1) is 12.1. The summed E-state index contributed by atoms with van der Waals surface area (Å²) in [6, 6.07) is 7.14. The van der Waals surface area contributed by atoms with Gasteiger partial charge in [-0.3, -0.25) is 4.79 Å². The summed E-state index contributed by atoms with van der Waals surface area (Å²) >= 11 is 0. The van der Waals surface area contributed by atoms with Crippen LogP contribution >= 0.6 is 0 Å². The zero-order valence-corrected chi connectivity index (χ0v) is 14.1. The molecular formula is C17H21N5O3. The highest BCUT2D eigenvalue weighted by molar-refractivity contribution is 6.00. The number of aromatic amines is 1. The van der Waals surface area contributed by atoms with Gasteiger partial charge in [-0.05, 0) is 37.0 Å². The average Bonchev–Trinajstić information content (AvgIpc) is 3.29. The molecule has 1 saturated heterocycles. The molecule has 8 nitrogen and oxygen atoms in total. The van der Waals surface area contributed by atoms with Crippen LogP contribution in [0.15, 0.2) is 24.3 Å². The number of benzene rings is 1. The fourth-order valence-electron chi connectivity index (χ4n) is 4.21. The third-order valence-corrected chi connectivity index (χ3v) is 5.57. The summed E-state index contributed by atoms with van der Waals surface area (Å²) in [4.78, 5) is 15.1. The monoisotopic (exact) mass is 343 g/mol. The van der Waals surface area contributed by atoms with E-state index in [1.165, 1.54) is 0 Å². The Morgan fingerprint density at radius 1 is 1.40 bits per heavy atom. The van der Waals surface area contributed by atoms with Crippen molar-refractivity contribution in [3.05, 3.63) is 29.8 Å². The van der Waals surface area contributed by atoms with E-state index in [-0.39, 0.29) is 17.6 Å². The largest absolute Gasteiger partial charge is 0.393 e. The Morgan fingerprint density at radius 3 is 3.00 bits per heavy atom. The lowest BCUT2D eigenvalue weighted by Crippen LogP contribution is -2.52. The molecule has 25 heavy (non-hydrogen) atoms. The van der Waals surface area contributed by atoms with Gasteiger partial charge in [0.2, 0.25) is 5.82 Å². The van der Waals surface area contributed by atoms with Gasteiger partial charge in [0.1, 0.15) is 0 Å². The van der Waals surface area contributed by atoms with Crippen LogP contribution in [-0.2, 0) is 4.74 Å². The number of methoxy groups -OCH3 is 1. The number of hydrogen-bond donors (Lipinski definition) is 2. The minimum atomic E-state index is -0.394. The molecule has 1 aliphatic carbocycles. The Labute approximate surface area is 145 Å². The van der Waals surface area contributed by atoms with Crippen molar-refractivity contribution in [3.8, 4) is 11.4 Å². The lowest BCUT2D eigenvalue weighted by molar-refractivity contribution is -0.0824. The second kappa shape index (κ2) is 6.20. The van der Waals surface area contributed by atoms with E-state index in [2.05, 4.69) is 20.6 Å². The molecule has 0 bridgehead atoms. The van der Waals surface area contributed by atoms with Gasteiger partial charge in [0.05, 0.1) is 23.3 Å². The van der Waals surface area contributed by atoms with Gasteiger partial charge in [-0.1, -0.05) is 18.2 Å². The number of amides is 1. The molecule has 2 aliphatic rings. The first-order valence-corrected chi connectivity index (χ1v) is 8.52. The van der Waals surface area contributed by atoms with E-state index in [4.69, 9.17) is 4.74 Å². The molecule has 0 radical (unpaired) electrons. The van der Waals surface area contributed by atoms with E-state index in [0.29, 0.717) is 36.3 Å². The number of nitrogens with zero attached hydrogens (tertiary/aromatic N) is 4. The van der Waals surface area contributed by atoms with Crippen molar-refractivity contribution in [2.24, 2.45) is 0 Å². The van der Waals surface area contributed by atoms with Crippen LogP contribution in [0.2, 0.25) is 0 Å². The molecule has 1 aromatic carbocycles. The van der Waals surface area contributed by atoms with Crippen molar-refractivity contribution in [2.75, 3.05) is 13.7 Å². The van der Waals surface area contributed by atoms with Crippen LogP contribution in [0.5, 0.6) is 0 Å². The van der Waals surface area contributed by atoms with Crippen LogP contribution < -0.4 is 0 Å². The van der Waals surface area contributed by atoms with Crippen molar-refractivity contribution in [2.45, 2.75) is 43.4 Å². The van der Waals surface area contributed by atoms with E-state index >= 15 is 0 Å². The lowest BCUT2D eigenvalue weighted by atomic mass is 9.79. The van der Waals surface area contributed by atoms with Crippen molar-refractivity contribution >= 4 is 5.91 Å². The zero-order valence-electron chi connectivity index (χ0n) is 14.1. The molecule has 1 saturated carbocycles. The number of hydrogen-bond acceptors (Lipinski definition) is 6. The number of likely N-dealkylation sites (tertiary alicyclic amines) is 1. The van der Waals surface area contributed by atoms with Gasteiger partial charge >= 0.3 is 0 Å². The van der Waals surface area contributed by atoms with Gasteiger partial charge in [0.15, 0.2) is 0 Å². The highest BCUT2D eigenvalue weighted by Gasteiger charge is 2.52. The van der Waals surface area contributed by atoms with Crippen molar-refractivity contribution in [1.82, 2.24) is 25.5 Å². The summed E-state index contributed by atoms with van der Waals surface area (Å²) in [6.45, 7) is 0.616. The van der Waals surface area contributed by atoms with E-state index in [0.717, 1.165) is 12.8 Å². The number of H-pyrrole nitrogens is 1. The third-order valence-electron chi connectivity index (χ3n) is 5.57. The van der Waals surface area contributed by atoms with Crippen molar-refractivity contribution < 1.29 is 14.6 Å². The number of carbonyl (C=O) groups excluding carboxylic acids is 1. The summed E-state index contributed by atoms with van der Waals surface area (Å²) in [7, 11) is 1.70. The molecule has 0 unspecified atom stereocenters. The van der Waals surface area contributed by atoms with Gasteiger partial charge in [-0.2, -0.15) is 5.21 Å². The van der Waals surface area contributed by atoms with E-state index in [1.54, 1.807) is 13.2 Å². The Hall–Kier alpha value is -2.32. The molecule has 1 aromatic heterocycles. The predicted molar refractivity (Wildman–Crippen MR) is 88.7 cm³/mol. The van der Waals surface area contributed by atoms with Gasteiger partial charge in [-0.25, -0.2) is 0 Å². The summed E-state index contributed by atoms with van der Waals surface area (Å²) in [5, 5.41) is 24.1. The number of aliphatic hydroxyl groups excluding tert-OH is 1. The number of tetrazole rings is 1. The highest BCUT2D eigenvalue weighted by atomic mass is 16.5. The third kappa shape index (κ3) is 2.61. The first-order valence-electron chi connectivity index (χ1n) is 8.52. The molecule has 8 heteroatoms. The fraction of sp³-hybridized carbons (Fsp3) is 0.529. The standard InChI is InChI=1S/C17H21N5O3/c1-25-17-7-6-11(23)10-14(17)22(9-8-17)16(24)13-5-3-2-4-12(13)15-18-20-21-19-15/h2-5,11,14,23H,6-10H2,1H3,(H,18,19,20,21)/t11-,14-,17+/m0/s1. The van der Waals surface area contributed by atoms with E-state index in [9.17, 15) is 9.90 Å². The van der Waals surface area contributed by atoms with Crippen LogP contribution in [0.25, 0.3) is 11.4 Å². The van der Waals surface area contributed by atoms with Crippen LogP contribution in [0.1, 0.15) is 36.0 Å². The molecule has 2 N–H and O–H groups in total. The molecule has 0 spiro atoms. The predicted octanol–water partition coefficient (Wildman–Crippen LogP) is 1.01. The van der Waals surface area contributed by atoms with Gasteiger partial charge < -0.3 is 14.7 Å². The number of fused-ring (bicyclic) bond motifs is 1. The molecule has 2 heterocycles. The molecular weight excluding hydrogens is 322 g/mol. The quantitative estimate of drug-likeness (QED) is 0.862. The van der Waals surface area contributed by atoms with Gasteiger partial charge in [0.25, 0.3) is 5.91 Å². The topological polar surface area (TPSA) is 104 Å². The number of carbonyl (C=O) groups is 1. The normalized spacial score (nSPS) is 28.8. The minimum Gasteiger partial charge on any atom is -0.393 e. The Kier molecular flexibility index (Phi) is 4.01.